The van der Waals surface area contributed by atoms with E-state index < -0.39 is 7.12 Å². The van der Waals surface area contributed by atoms with Crippen molar-refractivity contribution in [2.24, 2.45) is 5.92 Å². The van der Waals surface area contributed by atoms with Crippen molar-refractivity contribution in [2.45, 2.75) is 33.6 Å². The molecule has 0 saturated heterocycles. The lowest BCUT2D eigenvalue weighted by Gasteiger charge is -2.11. The lowest BCUT2D eigenvalue weighted by atomic mass is 9.79. The predicted molar refractivity (Wildman–Crippen MR) is 70.6 cm³/mol. The van der Waals surface area contributed by atoms with E-state index in [4.69, 9.17) is 14.8 Å². The van der Waals surface area contributed by atoms with E-state index >= 15 is 0 Å². The van der Waals surface area contributed by atoms with E-state index in [0.717, 1.165) is 24.2 Å². The van der Waals surface area contributed by atoms with Gasteiger partial charge in [-0.2, -0.15) is 0 Å². The van der Waals surface area contributed by atoms with E-state index in [1.807, 2.05) is 6.92 Å². The smallest absolute Gasteiger partial charge is 0.488 e. The molecule has 0 saturated carbocycles. The molecular formula is C13H21BO3. The summed E-state index contributed by atoms with van der Waals surface area (Å²) in [4.78, 5) is 0. The third kappa shape index (κ3) is 4.80. The zero-order valence-electron chi connectivity index (χ0n) is 10.8. The molecule has 0 aliphatic carbocycles. The summed E-state index contributed by atoms with van der Waals surface area (Å²) in [7, 11) is -1.41. The topological polar surface area (TPSA) is 49.7 Å². The van der Waals surface area contributed by atoms with Crippen molar-refractivity contribution >= 4 is 12.6 Å². The summed E-state index contributed by atoms with van der Waals surface area (Å²) in [6.07, 6.45) is 2.20. The second-order valence-electron chi connectivity index (χ2n) is 4.78. The Morgan fingerprint density at radius 3 is 2.53 bits per heavy atom. The summed E-state index contributed by atoms with van der Waals surface area (Å²) in [5.74, 6) is 1.52. The quantitative estimate of drug-likeness (QED) is 0.581. The highest BCUT2D eigenvalue weighted by atomic mass is 16.5. The van der Waals surface area contributed by atoms with Gasteiger partial charge in [-0.15, -0.1) is 0 Å². The number of aryl methyl sites for hydroxylation is 1. The Morgan fingerprint density at radius 1 is 1.29 bits per heavy atom. The number of rotatable bonds is 6. The van der Waals surface area contributed by atoms with Gasteiger partial charge in [0.1, 0.15) is 5.75 Å². The predicted octanol–water partition coefficient (Wildman–Crippen LogP) is 1.49. The molecule has 0 unspecified atom stereocenters. The number of hydrogen-bond donors (Lipinski definition) is 2. The summed E-state index contributed by atoms with van der Waals surface area (Å²) >= 11 is 0. The van der Waals surface area contributed by atoms with Gasteiger partial charge in [0.2, 0.25) is 0 Å². The van der Waals surface area contributed by atoms with E-state index in [0.29, 0.717) is 18.0 Å². The first-order valence-electron chi connectivity index (χ1n) is 6.10. The molecule has 1 aromatic rings. The zero-order chi connectivity index (χ0) is 12.8. The molecule has 0 heterocycles. The van der Waals surface area contributed by atoms with Crippen LogP contribution in [-0.2, 0) is 0 Å². The third-order valence-corrected chi connectivity index (χ3v) is 2.68. The van der Waals surface area contributed by atoms with Gasteiger partial charge >= 0.3 is 7.12 Å². The van der Waals surface area contributed by atoms with Crippen molar-refractivity contribution in [2.75, 3.05) is 6.61 Å². The van der Waals surface area contributed by atoms with Gasteiger partial charge in [0.25, 0.3) is 0 Å². The minimum absolute atomic E-state index is 0.497. The molecule has 2 N–H and O–H groups in total. The lowest BCUT2D eigenvalue weighted by Crippen LogP contribution is -2.29. The normalized spacial score (nSPS) is 10.7. The lowest BCUT2D eigenvalue weighted by molar-refractivity contribution is 0.296. The van der Waals surface area contributed by atoms with Crippen molar-refractivity contribution in [3.8, 4) is 5.75 Å². The fourth-order valence-electron chi connectivity index (χ4n) is 1.67. The molecule has 0 radical (unpaired) electrons. The Labute approximate surface area is 104 Å². The maximum Gasteiger partial charge on any atom is 0.488 e. The molecule has 4 heteroatoms. The third-order valence-electron chi connectivity index (χ3n) is 2.68. The van der Waals surface area contributed by atoms with E-state index in [1.165, 1.54) is 0 Å². The molecule has 94 valence electrons. The standard InChI is InChI=1S/C13H21BO3/c1-10(2)5-4-8-17-13-7-6-12(14(15)16)9-11(13)3/h6-7,9-10,15-16H,4-5,8H2,1-3H3. The van der Waals surface area contributed by atoms with Crippen LogP contribution >= 0.6 is 0 Å². The van der Waals surface area contributed by atoms with Crippen LogP contribution in [-0.4, -0.2) is 23.8 Å². The monoisotopic (exact) mass is 236 g/mol. The van der Waals surface area contributed by atoms with Crippen LogP contribution in [0.3, 0.4) is 0 Å². The molecular weight excluding hydrogens is 215 g/mol. The Kier molecular flexibility index (Phi) is 5.52. The van der Waals surface area contributed by atoms with Crippen LogP contribution < -0.4 is 10.2 Å². The Bertz CT molecular complexity index is 351. The molecule has 0 bridgehead atoms. The molecule has 0 amide bonds. The van der Waals surface area contributed by atoms with Crippen LogP contribution in [0.4, 0.5) is 0 Å². The van der Waals surface area contributed by atoms with Crippen LogP contribution in [0.5, 0.6) is 5.75 Å². The first kappa shape index (κ1) is 14.1. The summed E-state index contributed by atoms with van der Waals surface area (Å²) in [5, 5.41) is 18.1. The molecule has 17 heavy (non-hydrogen) atoms. The second-order valence-corrected chi connectivity index (χ2v) is 4.78. The van der Waals surface area contributed by atoms with Crippen molar-refractivity contribution in [3.05, 3.63) is 23.8 Å². The van der Waals surface area contributed by atoms with Gasteiger partial charge in [0, 0.05) is 0 Å². The van der Waals surface area contributed by atoms with Crippen molar-refractivity contribution in [3.63, 3.8) is 0 Å². The molecule has 0 fully saturated rings. The van der Waals surface area contributed by atoms with Gasteiger partial charge in [-0.05, 0) is 42.8 Å². The minimum Gasteiger partial charge on any atom is -0.493 e. The highest BCUT2D eigenvalue weighted by Gasteiger charge is 2.12. The summed E-state index contributed by atoms with van der Waals surface area (Å²) in [5.41, 5.74) is 1.43. The van der Waals surface area contributed by atoms with Crippen LogP contribution in [0.1, 0.15) is 32.3 Å². The SMILES string of the molecule is Cc1cc(B(O)O)ccc1OCCCC(C)C. The van der Waals surface area contributed by atoms with E-state index in [9.17, 15) is 0 Å². The van der Waals surface area contributed by atoms with E-state index in [-0.39, 0.29) is 0 Å². The molecule has 0 aliphatic heterocycles. The van der Waals surface area contributed by atoms with E-state index in [2.05, 4.69) is 13.8 Å². The summed E-state index contributed by atoms with van der Waals surface area (Å²) < 4.78 is 5.66. The zero-order valence-corrected chi connectivity index (χ0v) is 10.8. The first-order valence-corrected chi connectivity index (χ1v) is 6.10. The second kappa shape index (κ2) is 6.67. The average Bonchev–Trinajstić information content (AvgIpc) is 2.25. The molecule has 0 aromatic heterocycles. The van der Waals surface area contributed by atoms with Crippen molar-refractivity contribution in [1.82, 2.24) is 0 Å². The average molecular weight is 236 g/mol. The molecule has 3 nitrogen and oxygen atoms in total. The molecule has 0 atom stereocenters. The van der Waals surface area contributed by atoms with Gasteiger partial charge in [-0.3, -0.25) is 0 Å². The number of benzene rings is 1. The Morgan fingerprint density at radius 2 is 2.00 bits per heavy atom. The van der Waals surface area contributed by atoms with Crippen LogP contribution in [0.25, 0.3) is 0 Å². The molecule has 1 rings (SSSR count). The van der Waals surface area contributed by atoms with Crippen LogP contribution in [0, 0.1) is 12.8 Å². The largest absolute Gasteiger partial charge is 0.493 e. The van der Waals surface area contributed by atoms with Gasteiger partial charge < -0.3 is 14.8 Å². The first-order chi connectivity index (χ1) is 8.00. The fraction of sp³-hybridized carbons (Fsp3) is 0.538. The summed E-state index contributed by atoms with van der Waals surface area (Å²) in [6.45, 7) is 7.01. The molecule has 0 spiro atoms. The minimum atomic E-state index is -1.41. The van der Waals surface area contributed by atoms with Crippen molar-refractivity contribution < 1.29 is 14.8 Å². The Balaban J connectivity index is 2.49. The fourth-order valence-corrected chi connectivity index (χ4v) is 1.67. The van der Waals surface area contributed by atoms with Crippen molar-refractivity contribution in [1.29, 1.82) is 0 Å². The van der Waals surface area contributed by atoms with Gasteiger partial charge in [-0.25, -0.2) is 0 Å². The van der Waals surface area contributed by atoms with Gasteiger partial charge in [0.15, 0.2) is 0 Å². The van der Waals surface area contributed by atoms with Crippen LogP contribution in [0.2, 0.25) is 0 Å². The highest BCUT2D eigenvalue weighted by Crippen LogP contribution is 2.16. The summed E-state index contributed by atoms with van der Waals surface area (Å²) in [6, 6.07) is 5.21. The number of hydrogen-bond acceptors (Lipinski definition) is 3. The maximum atomic E-state index is 9.03. The molecule has 0 aliphatic rings. The highest BCUT2D eigenvalue weighted by molar-refractivity contribution is 6.58. The van der Waals surface area contributed by atoms with Crippen LogP contribution in [0.15, 0.2) is 18.2 Å². The van der Waals surface area contributed by atoms with E-state index in [1.54, 1.807) is 18.2 Å². The van der Waals surface area contributed by atoms with Gasteiger partial charge in [0.05, 0.1) is 6.61 Å². The molecule has 1 aromatic carbocycles. The maximum absolute atomic E-state index is 9.03. The Hall–Kier alpha value is -0.995. The number of ether oxygens (including phenoxy) is 1. The van der Waals surface area contributed by atoms with Gasteiger partial charge in [-0.1, -0.05) is 26.0 Å².